The van der Waals surface area contributed by atoms with E-state index in [-0.39, 0.29) is 17.8 Å². The molecule has 2 aromatic carbocycles. The van der Waals surface area contributed by atoms with E-state index in [2.05, 4.69) is 4.98 Å². The summed E-state index contributed by atoms with van der Waals surface area (Å²) >= 11 is 6.06. The van der Waals surface area contributed by atoms with Gasteiger partial charge < -0.3 is 9.47 Å². The normalized spacial score (nSPS) is 15.7. The van der Waals surface area contributed by atoms with Gasteiger partial charge >= 0.3 is 0 Å². The molecule has 4 rings (SSSR count). The molecule has 26 heavy (non-hydrogen) atoms. The summed E-state index contributed by atoms with van der Waals surface area (Å²) in [5.74, 6) is 0.680. The van der Waals surface area contributed by atoms with Crippen LogP contribution in [0.5, 0.6) is 5.75 Å². The Morgan fingerprint density at radius 1 is 1.12 bits per heavy atom. The van der Waals surface area contributed by atoms with Crippen LogP contribution in [0.2, 0.25) is 0 Å². The maximum atomic E-state index is 13.2. The van der Waals surface area contributed by atoms with E-state index in [1.54, 1.807) is 18.3 Å². The number of halogens is 2. The van der Waals surface area contributed by atoms with Crippen LogP contribution < -0.4 is 4.74 Å². The van der Waals surface area contributed by atoms with Crippen LogP contribution in [0.4, 0.5) is 4.39 Å². The molecular weight excluding hydrogens is 353 g/mol. The predicted octanol–water partition coefficient (Wildman–Crippen LogP) is 5.16. The molecule has 5 heteroatoms. The summed E-state index contributed by atoms with van der Waals surface area (Å²) < 4.78 is 25.2. The second-order valence-corrected chi connectivity index (χ2v) is 6.39. The molecule has 0 N–H and O–H groups in total. The SMILES string of the molecule is Fc1ccc(C2OCc3c2cnc(CCl)c3OCc2ccccc2)cc1. The summed E-state index contributed by atoms with van der Waals surface area (Å²) in [6.07, 6.45) is 1.50. The second kappa shape index (κ2) is 7.44. The number of rotatable bonds is 5. The number of ether oxygens (including phenoxy) is 2. The summed E-state index contributed by atoms with van der Waals surface area (Å²) in [4.78, 5) is 4.46. The fourth-order valence-corrected chi connectivity index (χ4v) is 3.32. The minimum absolute atomic E-state index is 0.263. The molecule has 1 aliphatic heterocycles. The summed E-state index contributed by atoms with van der Waals surface area (Å²) in [6, 6.07) is 16.3. The highest BCUT2D eigenvalue weighted by Gasteiger charge is 2.30. The monoisotopic (exact) mass is 369 g/mol. The van der Waals surface area contributed by atoms with E-state index < -0.39 is 0 Å². The van der Waals surface area contributed by atoms with Crippen LogP contribution in [0.25, 0.3) is 0 Å². The second-order valence-electron chi connectivity index (χ2n) is 6.12. The molecule has 0 amide bonds. The third-order valence-electron chi connectivity index (χ3n) is 4.45. The molecule has 0 bridgehead atoms. The van der Waals surface area contributed by atoms with E-state index >= 15 is 0 Å². The first-order valence-electron chi connectivity index (χ1n) is 8.36. The number of benzene rings is 2. The van der Waals surface area contributed by atoms with Gasteiger partial charge in [-0.2, -0.15) is 0 Å². The van der Waals surface area contributed by atoms with Crippen molar-refractivity contribution in [1.82, 2.24) is 4.98 Å². The first-order chi connectivity index (χ1) is 12.8. The van der Waals surface area contributed by atoms with Crippen LogP contribution in [0, 0.1) is 5.82 Å². The number of hydrogen-bond acceptors (Lipinski definition) is 3. The lowest BCUT2D eigenvalue weighted by molar-refractivity contribution is 0.0928. The Kier molecular flexibility index (Phi) is 4.87. The smallest absolute Gasteiger partial charge is 0.148 e. The summed E-state index contributed by atoms with van der Waals surface area (Å²) in [5, 5.41) is 0. The van der Waals surface area contributed by atoms with E-state index in [4.69, 9.17) is 21.1 Å². The minimum atomic E-state index is -0.276. The van der Waals surface area contributed by atoms with Gasteiger partial charge in [-0.3, -0.25) is 4.98 Å². The standard InChI is InChI=1S/C21H17ClFNO2/c22-10-19-21(25-12-14-4-2-1-3-5-14)18-13-26-20(17(18)11-24-19)15-6-8-16(23)9-7-15/h1-9,11,20H,10,12-13H2. The summed E-state index contributed by atoms with van der Waals surface area (Å²) in [5.41, 5.74) is 4.55. The van der Waals surface area contributed by atoms with Gasteiger partial charge in [0.2, 0.25) is 0 Å². The number of hydrogen-bond donors (Lipinski definition) is 0. The molecule has 3 aromatic rings. The minimum Gasteiger partial charge on any atom is -0.487 e. The van der Waals surface area contributed by atoms with Gasteiger partial charge in [-0.25, -0.2) is 4.39 Å². The van der Waals surface area contributed by atoms with Crippen molar-refractivity contribution < 1.29 is 13.9 Å². The van der Waals surface area contributed by atoms with E-state index in [0.29, 0.717) is 24.7 Å². The zero-order valence-corrected chi connectivity index (χ0v) is 14.7. The van der Waals surface area contributed by atoms with Gasteiger partial charge in [0.25, 0.3) is 0 Å². The maximum Gasteiger partial charge on any atom is 0.148 e. The highest BCUT2D eigenvalue weighted by molar-refractivity contribution is 6.17. The van der Waals surface area contributed by atoms with Gasteiger partial charge in [-0.1, -0.05) is 42.5 Å². The Balaban J connectivity index is 1.66. The maximum absolute atomic E-state index is 13.2. The average Bonchev–Trinajstić information content (AvgIpc) is 3.11. The van der Waals surface area contributed by atoms with Gasteiger partial charge in [0.15, 0.2) is 0 Å². The molecule has 0 spiro atoms. The fourth-order valence-electron chi connectivity index (χ4n) is 3.13. The van der Waals surface area contributed by atoms with Crippen molar-refractivity contribution >= 4 is 11.6 Å². The molecule has 3 nitrogen and oxygen atoms in total. The van der Waals surface area contributed by atoms with Crippen molar-refractivity contribution in [3.63, 3.8) is 0 Å². The Bertz CT molecular complexity index is 900. The van der Waals surface area contributed by atoms with Gasteiger partial charge in [0, 0.05) is 17.3 Å². The van der Waals surface area contributed by atoms with Crippen molar-refractivity contribution in [2.24, 2.45) is 0 Å². The highest BCUT2D eigenvalue weighted by Crippen LogP contribution is 2.41. The van der Waals surface area contributed by atoms with Gasteiger partial charge in [-0.05, 0) is 23.3 Å². The molecule has 0 radical (unpaired) electrons. The summed E-state index contributed by atoms with van der Waals surface area (Å²) in [6.45, 7) is 0.845. The van der Waals surface area contributed by atoms with Crippen LogP contribution in [-0.2, 0) is 23.8 Å². The molecular formula is C21H17ClFNO2. The molecule has 1 unspecified atom stereocenters. The van der Waals surface area contributed by atoms with E-state index in [9.17, 15) is 4.39 Å². The summed E-state index contributed by atoms with van der Waals surface area (Å²) in [7, 11) is 0. The van der Waals surface area contributed by atoms with Gasteiger partial charge in [0.05, 0.1) is 18.2 Å². The van der Waals surface area contributed by atoms with Crippen molar-refractivity contribution in [2.45, 2.75) is 25.2 Å². The first kappa shape index (κ1) is 17.0. The largest absolute Gasteiger partial charge is 0.487 e. The Labute approximate surface area is 156 Å². The third-order valence-corrected chi connectivity index (χ3v) is 4.70. The van der Waals surface area contributed by atoms with Gasteiger partial charge in [0.1, 0.15) is 24.3 Å². The zero-order chi connectivity index (χ0) is 17.9. The molecule has 0 saturated carbocycles. The Hall–Kier alpha value is -2.43. The molecule has 0 saturated heterocycles. The Morgan fingerprint density at radius 3 is 2.62 bits per heavy atom. The van der Waals surface area contributed by atoms with E-state index in [0.717, 1.165) is 22.3 Å². The fraction of sp³-hybridized carbons (Fsp3) is 0.190. The average molecular weight is 370 g/mol. The van der Waals surface area contributed by atoms with Crippen LogP contribution in [0.3, 0.4) is 0 Å². The molecule has 1 atom stereocenters. The topological polar surface area (TPSA) is 31.4 Å². The van der Waals surface area contributed by atoms with Crippen LogP contribution in [0.15, 0.2) is 60.8 Å². The predicted molar refractivity (Wildman–Crippen MR) is 97.6 cm³/mol. The van der Waals surface area contributed by atoms with E-state index in [1.807, 2.05) is 30.3 Å². The highest BCUT2D eigenvalue weighted by atomic mass is 35.5. The van der Waals surface area contributed by atoms with Crippen LogP contribution in [0.1, 0.15) is 34.1 Å². The van der Waals surface area contributed by atoms with Gasteiger partial charge in [-0.15, -0.1) is 11.6 Å². The number of nitrogens with zero attached hydrogens (tertiary/aromatic N) is 1. The zero-order valence-electron chi connectivity index (χ0n) is 14.0. The van der Waals surface area contributed by atoms with Crippen molar-refractivity contribution in [1.29, 1.82) is 0 Å². The van der Waals surface area contributed by atoms with E-state index in [1.165, 1.54) is 12.1 Å². The molecule has 132 valence electrons. The number of fused-ring (bicyclic) bond motifs is 1. The lowest BCUT2D eigenvalue weighted by Gasteiger charge is -2.15. The van der Waals surface area contributed by atoms with Crippen LogP contribution in [-0.4, -0.2) is 4.98 Å². The third kappa shape index (κ3) is 3.30. The first-order valence-corrected chi connectivity index (χ1v) is 8.90. The molecule has 1 aliphatic rings. The van der Waals surface area contributed by atoms with Crippen molar-refractivity contribution in [2.75, 3.05) is 0 Å². The van der Waals surface area contributed by atoms with Crippen molar-refractivity contribution in [3.05, 3.63) is 94.6 Å². The Morgan fingerprint density at radius 2 is 1.88 bits per heavy atom. The van der Waals surface area contributed by atoms with Crippen LogP contribution >= 0.6 is 11.6 Å². The molecule has 0 aliphatic carbocycles. The lowest BCUT2D eigenvalue weighted by atomic mass is 10.00. The number of aromatic nitrogens is 1. The molecule has 0 fully saturated rings. The lowest BCUT2D eigenvalue weighted by Crippen LogP contribution is -2.04. The molecule has 2 heterocycles. The number of alkyl halides is 1. The number of pyridine rings is 1. The quantitative estimate of drug-likeness (QED) is 0.582. The van der Waals surface area contributed by atoms with Crippen molar-refractivity contribution in [3.8, 4) is 5.75 Å². The molecule has 1 aromatic heterocycles.